The third kappa shape index (κ3) is 4.95. The molecular weight excluding hydrogens is 448 g/mol. The summed E-state index contributed by atoms with van der Waals surface area (Å²) in [6.07, 6.45) is 14.7. The average molecular weight is 499 g/mol. The van der Waals surface area contributed by atoms with Gasteiger partial charge in [0, 0.05) is 19.8 Å². The van der Waals surface area contributed by atoms with Crippen molar-refractivity contribution in [3.63, 3.8) is 0 Å². The van der Waals surface area contributed by atoms with E-state index in [1.165, 1.54) is 19.8 Å². The number of fused-ring (bicyclic) bond motifs is 5. The van der Waals surface area contributed by atoms with Gasteiger partial charge in [-0.05, 0) is 91.3 Å². The molecule has 0 amide bonds. The van der Waals surface area contributed by atoms with E-state index in [1.807, 2.05) is 0 Å². The zero-order chi connectivity index (χ0) is 26.4. The van der Waals surface area contributed by atoms with Crippen LogP contribution in [0.4, 0.5) is 0 Å². The van der Waals surface area contributed by atoms with Crippen LogP contribution in [0.3, 0.4) is 0 Å². The van der Waals surface area contributed by atoms with Crippen molar-refractivity contribution < 1.29 is 19.1 Å². The van der Waals surface area contributed by atoms with Gasteiger partial charge in [-0.1, -0.05) is 65.3 Å². The van der Waals surface area contributed by atoms with E-state index in [0.29, 0.717) is 35.5 Å². The molecule has 0 aromatic carbocycles. The van der Waals surface area contributed by atoms with E-state index >= 15 is 0 Å². The van der Waals surface area contributed by atoms with Gasteiger partial charge >= 0.3 is 11.9 Å². The van der Waals surface area contributed by atoms with E-state index in [9.17, 15) is 9.59 Å². The average Bonchev–Trinajstić information content (AvgIpc) is 3.13. The largest absolute Gasteiger partial charge is 0.463 e. The highest BCUT2D eigenvalue weighted by Gasteiger charge is 2.62. The molecule has 4 rings (SSSR count). The summed E-state index contributed by atoms with van der Waals surface area (Å²) in [4.78, 5) is 24.0. The maximum Gasteiger partial charge on any atom is 0.302 e. The minimum Gasteiger partial charge on any atom is -0.463 e. The van der Waals surface area contributed by atoms with E-state index in [-0.39, 0.29) is 40.9 Å². The Morgan fingerprint density at radius 2 is 1.67 bits per heavy atom. The van der Waals surface area contributed by atoms with Gasteiger partial charge < -0.3 is 9.47 Å². The minimum atomic E-state index is -0.176. The summed E-state index contributed by atoms with van der Waals surface area (Å²) in [5, 5.41) is 0. The van der Waals surface area contributed by atoms with Gasteiger partial charge in [-0.3, -0.25) is 9.59 Å². The molecule has 3 fully saturated rings. The van der Waals surface area contributed by atoms with Crippen molar-refractivity contribution in [2.24, 2.45) is 52.3 Å². The van der Waals surface area contributed by atoms with Gasteiger partial charge in [0.05, 0.1) is 0 Å². The number of hydrogen-bond donors (Lipinski definition) is 0. The van der Waals surface area contributed by atoms with Crippen LogP contribution >= 0.6 is 0 Å². The maximum atomic E-state index is 12.4. The van der Waals surface area contributed by atoms with Crippen LogP contribution in [0.1, 0.15) is 100 Å². The zero-order valence-electron chi connectivity index (χ0n) is 24.0. The fourth-order valence-corrected chi connectivity index (χ4v) is 8.83. The summed E-state index contributed by atoms with van der Waals surface area (Å²) in [6, 6.07) is 0. The molecule has 0 bridgehead atoms. The first-order valence-corrected chi connectivity index (χ1v) is 14.6. The van der Waals surface area contributed by atoms with Crippen LogP contribution in [0, 0.1) is 52.3 Å². The normalized spacial score (nSPS) is 41.6. The third-order valence-electron chi connectivity index (χ3n) is 11.1. The Kier molecular flexibility index (Phi) is 7.85. The van der Waals surface area contributed by atoms with E-state index in [2.05, 4.69) is 59.8 Å². The van der Waals surface area contributed by atoms with E-state index in [1.54, 1.807) is 12.5 Å². The first-order valence-electron chi connectivity index (χ1n) is 14.6. The molecule has 0 aromatic rings. The molecule has 36 heavy (non-hydrogen) atoms. The lowest BCUT2D eigenvalue weighted by molar-refractivity contribution is -0.168. The SMILES string of the molecule is CC(=O)O[C@@H]1CC[C@@]2(C)[C@@H](CC=C3[C@@H]2[C@@H](OC(C)=O)C[C@]2(C)[C@@H]([C@H](C)/C=C/[C@H](C)C(C)C)CC[C@@H]32)C1. The smallest absolute Gasteiger partial charge is 0.302 e. The summed E-state index contributed by atoms with van der Waals surface area (Å²) < 4.78 is 11.9. The fourth-order valence-electron chi connectivity index (χ4n) is 8.83. The molecule has 0 aromatic heterocycles. The van der Waals surface area contributed by atoms with E-state index in [4.69, 9.17) is 9.47 Å². The first-order chi connectivity index (χ1) is 16.9. The van der Waals surface area contributed by atoms with Gasteiger partial charge in [-0.25, -0.2) is 0 Å². The Morgan fingerprint density at radius 3 is 2.31 bits per heavy atom. The highest BCUT2D eigenvalue weighted by atomic mass is 16.5. The van der Waals surface area contributed by atoms with Gasteiger partial charge in [0.15, 0.2) is 0 Å². The molecule has 10 atom stereocenters. The van der Waals surface area contributed by atoms with Crippen molar-refractivity contribution in [2.45, 2.75) is 113 Å². The molecule has 3 saturated carbocycles. The van der Waals surface area contributed by atoms with Crippen LogP contribution < -0.4 is 0 Å². The molecule has 4 nitrogen and oxygen atoms in total. The van der Waals surface area contributed by atoms with Gasteiger partial charge in [0.2, 0.25) is 0 Å². The first kappa shape index (κ1) is 27.5. The fraction of sp³-hybridized carbons (Fsp3) is 0.812. The lowest BCUT2D eigenvalue weighted by Crippen LogP contribution is -2.56. The Morgan fingerprint density at radius 1 is 0.972 bits per heavy atom. The second-order valence-electron chi connectivity index (χ2n) is 13.6. The molecule has 0 spiro atoms. The van der Waals surface area contributed by atoms with Crippen LogP contribution in [-0.2, 0) is 19.1 Å². The third-order valence-corrected chi connectivity index (χ3v) is 11.1. The molecule has 4 aliphatic carbocycles. The molecule has 0 radical (unpaired) electrons. The maximum absolute atomic E-state index is 12.4. The van der Waals surface area contributed by atoms with Crippen molar-refractivity contribution >= 4 is 11.9 Å². The lowest BCUT2D eigenvalue weighted by Gasteiger charge is -2.59. The standard InChI is InChI=1S/C32H50O4/c1-19(2)20(3)9-10-21(4)27-13-14-28-26-12-11-24-17-25(35-22(5)33)15-16-31(24,7)30(26)29(36-23(6)34)18-32(27,28)8/h9-10,12,19-21,24-25,27-30H,11,13-18H2,1-8H3/b10-9+/t20-,21+,24-,25+,27+,28-,29-,30+,31-,32+/m0/s1. The molecule has 4 aliphatic rings. The van der Waals surface area contributed by atoms with Gasteiger partial charge in [-0.2, -0.15) is 0 Å². The second-order valence-corrected chi connectivity index (χ2v) is 13.6. The predicted molar refractivity (Wildman–Crippen MR) is 144 cm³/mol. The van der Waals surface area contributed by atoms with Gasteiger partial charge in [0.1, 0.15) is 12.2 Å². The topological polar surface area (TPSA) is 52.6 Å². The molecule has 4 heteroatoms. The quantitative estimate of drug-likeness (QED) is 0.281. The Labute approximate surface area is 219 Å². The summed E-state index contributed by atoms with van der Waals surface area (Å²) in [5.74, 6) is 3.33. The summed E-state index contributed by atoms with van der Waals surface area (Å²) in [7, 11) is 0. The van der Waals surface area contributed by atoms with Crippen LogP contribution in [0.2, 0.25) is 0 Å². The van der Waals surface area contributed by atoms with Crippen molar-refractivity contribution in [1.29, 1.82) is 0 Å². The molecule has 0 aliphatic heterocycles. The Bertz CT molecular complexity index is 902. The Balaban J connectivity index is 1.64. The van der Waals surface area contributed by atoms with Crippen molar-refractivity contribution in [2.75, 3.05) is 0 Å². The van der Waals surface area contributed by atoms with Gasteiger partial charge in [0.25, 0.3) is 0 Å². The summed E-state index contributed by atoms with van der Waals surface area (Å²) >= 11 is 0. The Hall–Kier alpha value is -1.58. The highest BCUT2D eigenvalue weighted by molar-refractivity contribution is 5.66. The lowest BCUT2D eigenvalue weighted by atomic mass is 9.46. The second kappa shape index (κ2) is 10.3. The number of rotatable bonds is 6. The van der Waals surface area contributed by atoms with Crippen molar-refractivity contribution in [1.82, 2.24) is 0 Å². The molecular formula is C32H50O4. The van der Waals surface area contributed by atoms with Crippen molar-refractivity contribution in [3.8, 4) is 0 Å². The molecule has 0 unspecified atom stereocenters. The number of esters is 2. The molecule has 0 saturated heterocycles. The monoisotopic (exact) mass is 498 g/mol. The van der Waals surface area contributed by atoms with Crippen LogP contribution in [-0.4, -0.2) is 24.1 Å². The number of ether oxygens (including phenoxy) is 2. The summed E-state index contributed by atoms with van der Waals surface area (Å²) in [6.45, 7) is 17.3. The van der Waals surface area contributed by atoms with Crippen LogP contribution in [0.15, 0.2) is 23.8 Å². The molecule has 0 N–H and O–H groups in total. The number of carbonyl (C=O) groups excluding carboxylic acids is 2. The molecule has 0 heterocycles. The summed E-state index contributed by atoms with van der Waals surface area (Å²) in [5.41, 5.74) is 1.80. The number of hydrogen-bond acceptors (Lipinski definition) is 4. The number of carbonyl (C=O) groups is 2. The van der Waals surface area contributed by atoms with Crippen LogP contribution in [0.5, 0.6) is 0 Å². The van der Waals surface area contributed by atoms with Crippen molar-refractivity contribution in [3.05, 3.63) is 23.8 Å². The zero-order valence-corrected chi connectivity index (χ0v) is 24.0. The highest BCUT2D eigenvalue weighted by Crippen LogP contribution is 2.67. The number of allylic oxidation sites excluding steroid dienone is 3. The minimum absolute atomic E-state index is 0.0216. The predicted octanol–water partition coefficient (Wildman–Crippen LogP) is 7.52. The van der Waals surface area contributed by atoms with Crippen LogP contribution in [0.25, 0.3) is 0 Å². The van der Waals surface area contributed by atoms with Gasteiger partial charge in [-0.15, -0.1) is 0 Å². The molecule has 202 valence electrons. The van der Waals surface area contributed by atoms with E-state index < -0.39 is 0 Å². The van der Waals surface area contributed by atoms with E-state index in [0.717, 1.165) is 32.1 Å².